The van der Waals surface area contributed by atoms with E-state index in [4.69, 9.17) is 9.72 Å². The van der Waals surface area contributed by atoms with Crippen molar-refractivity contribution < 1.29 is 9.94 Å². The number of pyridine rings is 1. The van der Waals surface area contributed by atoms with Crippen LogP contribution in [0.4, 0.5) is 0 Å². The number of aromatic nitrogens is 3. The third-order valence-electron chi connectivity index (χ3n) is 4.72. The molecule has 0 spiro atoms. The smallest absolute Gasteiger partial charge is 0.149 e. The van der Waals surface area contributed by atoms with E-state index in [2.05, 4.69) is 23.2 Å². The van der Waals surface area contributed by atoms with E-state index in [1.165, 1.54) is 15.9 Å². The van der Waals surface area contributed by atoms with Crippen LogP contribution >= 0.6 is 0 Å². The summed E-state index contributed by atoms with van der Waals surface area (Å²) in [4.78, 5) is 9.19. The molecular weight excluding hydrogens is 302 g/mol. The van der Waals surface area contributed by atoms with Crippen molar-refractivity contribution in [2.24, 2.45) is 0 Å². The maximum Gasteiger partial charge on any atom is 0.149 e. The van der Waals surface area contributed by atoms with Gasteiger partial charge in [-0.15, -0.1) is 0 Å². The minimum Gasteiger partial charge on any atom is -0.427 e. The Morgan fingerprint density at radius 1 is 1.08 bits per heavy atom. The summed E-state index contributed by atoms with van der Waals surface area (Å²) in [6, 6.07) is 12.0. The third-order valence-corrected chi connectivity index (χ3v) is 4.72. The van der Waals surface area contributed by atoms with Crippen LogP contribution in [0.1, 0.15) is 35.7 Å². The average Bonchev–Trinajstić information content (AvgIpc) is 3.24. The predicted molar refractivity (Wildman–Crippen MR) is 88.5 cm³/mol. The second-order valence-corrected chi connectivity index (χ2v) is 6.44. The van der Waals surface area contributed by atoms with Gasteiger partial charge in [0.15, 0.2) is 0 Å². The van der Waals surface area contributed by atoms with Crippen molar-refractivity contribution in [3.8, 4) is 22.6 Å². The molecule has 2 aromatic heterocycles. The van der Waals surface area contributed by atoms with Crippen molar-refractivity contribution in [1.29, 1.82) is 0 Å². The van der Waals surface area contributed by atoms with E-state index in [0.717, 1.165) is 35.6 Å². The van der Waals surface area contributed by atoms with E-state index in [-0.39, 0.29) is 0 Å². The van der Waals surface area contributed by atoms with Crippen LogP contribution in [-0.4, -0.2) is 19.9 Å². The Kier molecular flexibility index (Phi) is 2.97. The summed E-state index contributed by atoms with van der Waals surface area (Å²) in [5.41, 5.74) is 5.59. The Labute approximate surface area is 139 Å². The molecule has 0 unspecified atom stereocenters. The van der Waals surface area contributed by atoms with Gasteiger partial charge in [-0.1, -0.05) is 18.2 Å². The topological polar surface area (TPSA) is 60.2 Å². The molecule has 1 saturated carbocycles. The van der Waals surface area contributed by atoms with Gasteiger partial charge in [-0.2, -0.15) is 4.73 Å². The van der Waals surface area contributed by atoms with Gasteiger partial charge < -0.3 is 9.94 Å². The minimum atomic E-state index is 0.351. The lowest BCUT2D eigenvalue weighted by Gasteiger charge is -2.06. The Morgan fingerprint density at radius 2 is 1.96 bits per heavy atom. The molecule has 1 N–H and O–H groups in total. The molecule has 5 rings (SSSR count). The fraction of sp³-hybridized carbons (Fsp3) is 0.263. The van der Waals surface area contributed by atoms with E-state index < -0.39 is 0 Å². The van der Waals surface area contributed by atoms with Gasteiger partial charge in [0.2, 0.25) is 0 Å². The summed E-state index contributed by atoms with van der Waals surface area (Å²) in [7, 11) is 0. The summed E-state index contributed by atoms with van der Waals surface area (Å²) in [5.74, 6) is 1.09. The fourth-order valence-corrected chi connectivity index (χ4v) is 3.29. The van der Waals surface area contributed by atoms with Gasteiger partial charge in [-0.25, -0.2) is 4.98 Å². The lowest BCUT2D eigenvalue weighted by atomic mass is 10.0. The molecule has 0 radical (unpaired) electrons. The third kappa shape index (κ3) is 2.12. The molecule has 0 saturated heterocycles. The number of rotatable bonds is 3. The van der Waals surface area contributed by atoms with Crippen LogP contribution in [0.15, 0.2) is 42.6 Å². The van der Waals surface area contributed by atoms with Crippen molar-refractivity contribution in [3.05, 3.63) is 59.5 Å². The molecule has 120 valence electrons. The number of imidazole rings is 1. The Morgan fingerprint density at radius 3 is 2.75 bits per heavy atom. The van der Waals surface area contributed by atoms with Gasteiger partial charge in [0.25, 0.3) is 0 Å². The van der Waals surface area contributed by atoms with Crippen molar-refractivity contribution in [2.45, 2.75) is 32.0 Å². The molecule has 3 heterocycles. The standard InChI is InChI=1S/C19H17N3O2/c23-22-18(16-3-1-2-8-20-16)17(21-19(22)12-4-5-12)13-6-7-14-10-24-11-15(14)9-13/h1-3,6-9,12,23H,4-5,10-11H2. The maximum absolute atomic E-state index is 10.7. The zero-order valence-electron chi connectivity index (χ0n) is 13.1. The lowest BCUT2D eigenvalue weighted by Crippen LogP contribution is -2.00. The molecule has 3 aromatic rings. The molecule has 1 aromatic carbocycles. The second-order valence-electron chi connectivity index (χ2n) is 6.44. The van der Waals surface area contributed by atoms with Crippen LogP contribution in [0.2, 0.25) is 0 Å². The molecule has 0 bridgehead atoms. The van der Waals surface area contributed by atoms with Crippen LogP contribution in [0.5, 0.6) is 0 Å². The van der Waals surface area contributed by atoms with Crippen LogP contribution in [0.25, 0.3) is 22.6 Å². The first-order valence-corrected chi connectivity index (χ1v) is 8.24. The summed E-state index contributed by atoms with van der Waals surface area (Å²) in [6.45, 7) is 1.31. The molecule has 1 aliphatic carbocycles. The van der Waals surface area contributed by atoms with Crippen LogP contribution in [0.3, 0.4) is 0 Å². The second kappa shape index (κ2) is 5.18. The monoisotopic (exact) mass is 319 g/mol. The van der Waals surface area contributed by atoms with Gasteiger partial charge in [0, 0.05) is 17.7 Å². The molecule has 0 amide bonds. The first-order chi connectivity index (χ1) is 11.8. The van der Waals surface area contributed by atoms with Gasteiger partial charge >= 0.3 is 0 Å². The van der Waals surface area contributed by atoms with Gasteiger partial charge in [-0.05, 0) is 42.2 Å². The molecular formula is C19H17N3O2. The average molecular weight is 319 g/mol. The highest BCUT2D eigenvalue weighted by Crippen LogP contribution is 2.43. The Balaban J connectivity index is 1.71. The highest BCUT2D eigenvalue weighted by molar-refractivity contribution is 5.77. The van der Waals surface area contributed by atoms with Gasteiger partial charge in [0.1, 0.15) is 17.2 Å². The molecule has 5 nitrogen and oxygen atoms in total. The first kappa shape index (κ1) is 13.7. The predicted octanol–water partition coefficient (Wildman–Crippen LogP) is 3.76. The Bertz CT molecular complexity index is 914. The summed E-state index contributed by atoms with van der Waals surface area (Å²) < 4.78 is 6.75. The number of benzene rings is 1. The number of fused-ring (bicyclic) bond motifs is 1. The van der Waals surface area contributed by atoms with Crippen molar-refractivity contribution in [3.63, 3.8) is 0 Å². The summed E-state index contributed by atoms with van der Waals surface area (Å²) in [5, 5.41) is 10.7. The summed E-state index contributed by atoms with van der Waals surface area (Å²) >= 11 is 0. The largest absolute Gasteiger partial charge is 0.427 e. The van der Waals surface area contributed by atoms with Crippen molar-refractivity contribution >= 4 is 0 Å². The van der Waals surface area contributed by atoms with E-state index in [1.807, 2.05) is 18.2 Å². The maximum atomic E-state index is 10.7. The number of hydrogen-bond donors (Lipinski definition) is 1. The zero-order chi connectivity index (χ0) is 16.1. The molecule has 1 fully saturated rings. The summed E-state index contributed by atoms with van der Waals surface area (Å²) in [6.07, 6.45) is 3.90. The first-order valence-electron chi connectivity index (χ1n) is 8.24. The van der Waals surface area contributed by atoms with E-state index >= 15 is 0 Å². The highest BCUT2D eigenvalue weighted by atomic mass is 16.5. The van der Waals surface area contributed by atoms with E-state index in [9.17, 15) is 5.21 Å². The van der Waals surface area contributed by atoms with Gasteiger partial charge in [0.05, 0.1) is 18.9 Å². The molecule has 5 heteroatoms. The number of ether oxygens (including phenoxy) is 1. The van der Waals surface area contributed by atoms with Crippen molar-refractivity contribution in [2.75, 3.05) is 0 Å². The molecule has 0 atom stereocenters. The highest BCUT2D eigenvalue weighted by Gasteiger charge is 2.32. The van der Waals surface area contributed by atoms with Crippen LogP contribution in [0, 0.1) is 0 Å². The molecule has 24 heavy (non-hydrogen) atoms. The van der Waals surface area contributed by atoms with Crippen LogP contribution in [-0.2, 0) is 18.0 Å². The van der Waals surface area contributed by atoms with E-state index in [0.29, 0.717) is 24.8 Å². The van der Waals surface area contributed by atoms with Gasteiger partial charge in [-0.3, -0.25) is 4.98 Å². The fourth-order valence-electron chi connectivity index (χ4n) is 3.29. The number of nitrogens with zero attached hydrogens (tertiary/aromatic N) is 3. The van der Waals surface area contributed by atoms with Crippen molar-refractivity contribution in [1.82, 2.24) is 14.7 Å². The zero-order valence-corrected chi connectivity index (χ0v) is 13.1. The lowest BCUT2D eigenvalue weighted by molar-refractivity contribution is 0.134. The van der Waals surface area contributed by atoms with E-state index in [1.54, 1.807) is 6.20 Å². The normalized spacial score (nSPS) is 16.3. The molecule has 1 aliphatic heterocycles. The van der Waals surface area contributed by atoms with Crippen LogP contribution < -0.4 is 0 Å². The Hall–Kier alpha value is -2.66. The quantitative estimate of drug-likeness (QED) is 0.747. The minimum absolute atomic E-state index is 0.351. The number of hydrogen-bond acceptors (Lipinski definition) is 4. The molecule has 2 aliphatic rings. The SMILES string of the molecule is On1c(C2CC2)nc(-c2ccc3c(c2)COC3)c1-c1ccccn1.